The number of halogens is 2. The molecule has 2 N–H and O–H groups in total. The number of nitrogens with one attached hydrogen (secondary N) is 2. The average Bonchev–Trinajstić information content (AvgIpc) is 2.41. The van der Waals surface area contributed by atoms with Crippen LogP contribution in [0.15, 0.2) is 23.2 Å². The molecule has 0 spiro atoms. The number of nitrogens with zero attached hydrogens (tertiary/aromatic N) is 2. The molecule has 7 heteroatoms. The fourth-order valence-electron chi connectivity index (χ4n) is 1.29. The van der Waals surface area contributed by atoms with Crippen LogP contribution in [0.4, 0.5) is 8.78 Å². The van der Waals surface area contributed by atoms with Crippen LogP contribution in [0.5, 0.6) is 0 Å². The molecule has 4 nitrogen and oxygen atoms in total. The average molecular weight is 284 g/mol. The molecule has 0 aliphatic heterocycles. The summed E-state index contributed by atoms with van der Waals surface area (Å²) in [6.45, 7) is 0.621. The van der Waals surface area contributed by atoms with Crippen LogP contribution >= 0.6 is 11.8 Å². The quantitative estimate of drug-likeness (QED) is 0.285. The molecule has 1 rings (SSSR count). The minimum absolute atomic E-state index is 0.413. The molecule has 0 saturated heterocycles. The van der Waals surface area contributed by atoms with E-state index in [9.17, 15) is 8.78 Å². The van der Waals surface area contributed by atoms with Crippen LogP contribution in [0.1, 0.15) is 5.56 Å². The Morgan fingerprint density at radius 2 is 2.21 bits per heavy atom. The number of hydrogen-bond acceptors (Lipinski definition) is 3. The van der Waals surface area contributed by atoms with Gasteiger partial charge in [-0.3, -0.25) is 10.3 Å². The molecule has 0 aliphatic carbocycles. The van der Waals surface area contributed by atoms with E-state index in [2.05, 4.69) is 15.6 Å². The number of guanidine groups is 1. The summed E-state index contributed by atoms with van der Waals surface area (Å²) in [5.41, 5.74) is 0.739. The monoisotopic (exact) mass is 284 g/mol. The van der Waals surface area contributed by atoms with E-state index in [1.807, 2.05) is 0 Å². The van der Waals surface area contributed by atoms with Crippen LogP contribution in [0.2, 0.25) is 0 Å². The lowest BCUT2D eigenvalue weighted by Gasteiger charge is -2.06. The smallest absolute Gasteiger partial charge is 0.204 e. The molecule has 1 aromatic carbocycles. The Kier molecular flexibility index (Phi) is 6.68. The second-order valence-electron chi connectivity index (χ2n) is 3.54. The molecule has 0 aromatic heterocycles. The lowest BCUT2D eigenvalue weighted by molar-refractivity contribution is 0.507. The third-order valence-electron chi connectivity index (χ3n) is 2.19. The maximum Gasteiger partial charge on any atom is 0.204 e. The molecule has 0 atom stereocenters. The molecule has 19 heavy (non-hydrogen) atoms. The summed E-state index contributed by atoms with van der Waals surface area (Å²) in [5.74, 6) is 0.112. The van der Waals surface area contributed by atoms with Gasteiger partial charge in [-0.25, -0.2) is 8.78 Å². The Bertz CT molecular complexity index is 485. The molecule has 0 saturated carbocycles. The second-order valence-corrected chi connectivity index (χ2v) is 4.64. The lowest BCUT2D eigenvalue weighted by Crippen LogP contribution is -2.35. The molecule has 0 unspecified atom stereocenters. The highest BCUT2D eigenvalue weighted by Gasteiger charge is 2.02. The largest absolute Gasteiger partial charge is 0.355 e. The normalized spacial score (nSPS) is 10.9. The Balaban J connectivity index is 2.24. The van der Waals surface area contributed by atoms with Gasteiger partial charge in [0.25, 0.3) is 0 Å². The number of hydrogen-bond donors (Lipinski definition) is 2. The second kappa shape index (κ2) is 8.32. The van der Waals surface area contributed by atoms with Crippen LogP contribution in [0.25, 0.3) is 0 Å². The van der Waals surface area contributed by atoms with Crippen molar-refractivity contribution in [3.8, 4) is 6.19 Å². The number of benzene rings is 1. The number of thioether (sulfide) groups is 1. The highest BCUT2D eigenvalue weighted by atomic mass is 32.2. The van der Waals surface area contributed by atoms with E-state index in [0.717, 1.165) is 17.4 Å². The first-order valence-corrected chi connectivity index (χ1v) is 6.70. The van der Waals surface area contributed by atoms with Crippen LogP contribution in [0, 0.1) is 23.1 Å². The number of aliphatic imine (C=N–C) groups is 1. The van der Waals surface area contributed by atoms with Gasteiger partial charge in [0, 0.05) is 25.1 Å². The minimum Gasteiger partial charge on any atom is -0.355 e. The summed E-state index contributed by atoms with van der Waals surface area (Å²) >= 11 is 1.57. The van der Waals surface area contributed by atoms with E-state index in [4.69, 9.17) is 5.26 Å². The van der Waals surface area contributed by atoms with Crippen LogP contribution < -0.4 is 10.6 Å². The van der Waals surface area contributed by atoms with E-state index in [1.54, 1.807) is 31.1 Å². The van der Waals surface area contributed by atoms with Gasteiger partial charge in [0.1, 0.15) is 0 Å². The first kappa shape index (κ1) is 15.2. The van der Waals surface area contributed by atoms with Crippen molar-refractivity contribution in [1.29, 1.82) is 5.26 Å². The van der Waals surface area contributed by atoms with Gasteiger partial charge in [-0.1, -0.05) is 6.07 Å². The summed E-state index contributed by atoms with van der Waals surface area (Å²) in [6.07, 6.45) is 1.77. The van der Waals surface area contributed by atoms with Crippen molar-refractivity contribution in [3.63, 3.8) is 0 Å². The van der Waals surface area contributed by atoms with Gasteiger partial charge in [0.05, 0.1) is 0 Å². The van der Waals surface area contributed by atoms with Gasteiger partial charge in [0.15, 0.2) is 17.8 Å². The topological polar surface area (TPSA) is 60.2 Å². The zero-order valence-electron chi connectivity index (χ0n) is 10.4. The van der Waals surface area contributed by atoms with E-state index < -0.39 is 11.6 Å². The lowest BCUT2D eigenvalue weighted by atomic mass is 10.2. The van der Waals surface area contributed by atoms with Crippen molar-refractivity contribution in [2.75, 3.05) is 19.3 Å². The Morgan fingerprint density at radius 3 is 2.84 bits per heavy atom. The highest BCUT2D eigenvalue weighted by molar-refractivity contribution is 7.98. The Hall–Kier alpha value is -1.81. The molecule has 0 amide bonds. The summed E-state index contributed by atoms with van der Waals surface area (Å²) in [4.78, 5) is 3.83. The van der Waals surface area contributed by atoms with Crippen LogP contribution in [0.3, 0.4) is 0 Å². The third-order valence-corrected chi connectivity index (χ3v) is 3.22. The van der Waals surface area contributed by atoms with E-state index in [1.165, 1.54) is 6.07 Å². The number of rotatable bonds is 5. The standard InChI is InChI=1S/C12H14F2N4S/c1-16-12(18-8-15)17-4-5-19-7-9-2-3-10(13)11(14)6-9/h2-3,6H,4-5,7H2,1H3,(H2,16,17,18). The maximum absolute atomic E-state index is 12.9. The van der Waals surface area contributed by atoms with E-state index in [0.29, 0.717) is 18.3 Å². The van der Waals surface area contributed by atoms with Crippen molar-refractivity contribution < 1.29 is 8.78 Å². The molecule has 0 fully saturated rings. The van der Waals surface area contributed by atoms with Gasteiger partial charge in [-0.15, -0.1) is 0 Å². The maximum atomic E-state index is 12.9. The predicted molar refractivity (Wildman–Crippen MR) is 72.6 cm³/mol. The van der Waals surface area contributed by atoms with Crippen molar-refractivity contribution in [2.24, 2.45) is 4.99 Å². The van der Waals surface area contributed by atoms with Crippen LogP contribution in [-0.4, -0.2) is 25.3 Å². The van der Waals surface area contributed by atoms with Gasteiger partial charge >= 0.3 is 0 Å². The van der Waals surface area contributed by atoms with Gasteiger partial charge in [-0.2, -0.15) is 17.0 Å². The summed E-state index contributed by atoms with van der Waals surface area (Å²) in [6, 6.07) is 3.89. The molecule has 0 heterocycles. The zero-order valence-corrected chi connectivity index (χ0v) is 11.2. The molecule has 0 radical (unpaired) electrons. The Labute approximate surface area is 114 Å². The SMILES string of the molecule is CN=C(NC#N)NCCSCc1ccc(F)c(F)c1. The Morgan fingerprint density at radius 1 is 1.42 bits per heavy atom. The first-order valence-electron chi connectivity index (χ1n) is 5.54. The molecule has 0 aliphatic rings. The molecule has 1 aromatic rings. The fourth-order valence-corrected chi connectivity index (χ4v) is 2.10. The minimum atomic E-state index is -0.832. The van der Waals surface area contributed by atoms with Gasteiger partial charge in [0.2, 0.25) is 5.96 Å². The summed E-state index contributed by atoms with van der Waals surface area (Å²) in [7, 11) is 1.57. The summed E-state index contributed by atoms with van der Waals surface area (Å²) in [5, 5.41) is 13.8. The van der Waals surface area contributed by atoms with Crippen LogP contribution in [-0.2, 0) is 5.75 Å². The number of nitriles is 1. The van der Waals surface area contributed by atoms with Crippen molar-refractivity contribution >= 4 is 17.7 Å². The van der Waals surface area contributed by atoms with Gasteiger partial charge in [-0.05, 0) is 17.7 Å². The molecular weight excluding hydrogens is 270 g/mol. The van der Waals surface area contributed by atoms with Crippen molar-refractivity contribution in [1.82, 2.24) is 10.6 Å². The zero-order chi connectivity index (χ0) is 14.1. The molecule has 0 bridgehead atoms. The predicted octanol–water partition coefficient (Wildman–Crippen LogP) is 1.84. The highest BCUT2D eigenvalue weighted by Crippen LogP contribution is 2.14. The first-order chi connectivity index (χ1) is 9.17. The summed E-state index contributed by atoms with van der Waals surface area (Å²) < 4.78 is 25.6. The fraction of sp³-hybridized carbons (Fsp3) is 0.333. The van der Waals surface area contributed by atoms with Crippen molar-refractivity contribution in [3.05, 3.63) is 35.4 Å². The van der Waals surface area contributed by atoms with Crippen molar-refractivity contribution in [2.45, 2.75) is 5.75 Å². The van der Waals surface area contributed by atoms with E-state index in [-0.39, 0.29) is 0 Å². The third kappa shape index (κ3) is 5.57. The molecular formula is C12H14F2N4S. The van der Waals surface area contributed by atoms with Gasteiger partial charge < -0.3 is 5.32 Å². The van der Waals surface area contributed by atoms with E-state index >= 15 is 0 Å². The molecule has 102 valence electrons.